The van der Waals surface area contributed by atoms with E-state index < -0.39 is 0 Å². The highest BCUT2D eigenvalue weighted by atomic mass is 35.5. The molecular formula is C14H9ClN6O2. The number of benzene rings is 1. The van der Waals surface area contributed by atoms with Gasteiger partial charge in [0, 0.05) is 5.56 Å². The molecule has 3 heterocycles. The second kappa shape index (κ2) is 5.65. The van der Waals surface area contributed by atoms with E-state index in [1.165, 1.54) is 17.3 Å². The highest BCUT2D eigenvalue weighted by molar-refractivity contribution is 6.33. The Labute approximate surface area is 134 Å². The van der Waals surface area contributed by atoms with Crippen molar-refractivity contribution in [3.8, 4) is 22.8 Å². The molecule has 0 aliphatic heterocycles. The predicted molar refractivity (Wildman–Crippen MR) is 79.4 cm³/mol. The Kier molecular flexibility index (Phi) is 3.35. The maximum atomic E-state index is 6.12. The van der Waals surface area contributed by atoms with Crippen LogP contribution in [0.5, 0.6) is 0 Å². The summed E-state index contributed by atoms with van der Waals surface area (Å²) in [4.78, 5) is 5.63. The summed E-state index contributed by atoms with van der Waals surface area (Å²) in [7, 11) is 0. The van der Waals surface area contributed by atoms with Crippen LogP contribution in [0.1, 0.15) is 5.82 Å². The van der Waals surface area contributed by atoms with Gasteiger partial charge in [-0.25, -0.2) is 0 Å². The molecule has 0 fully saturated rings. The summed E-state index contributed by atoms with van der Waals surface area (Å²) in [6.07, 6.45) is 3.06. The van der Waals surface area contributed by atoms with Crippen molar-refractivity contribution in [1.29, 1.82) is 0 Å². The number of nitrogens with zero attached hydrogens (tertiary/aromatic N) is 6. The van der Waals surface area contributed by atoms with E-state index in [1.54, 1.807) is 12.1 Å². The maximum absolute atomic E-state index is 6.12. The SMILES string of the molecule is Clc1ccccc1-c1nnn(Cc2noc(-c3ccoc3)n2)n1. The number of tetrazole rings is 1. The van der Waals surface area contributed by atoms with E-state index in [1.807, 2.05) is 18.2 Å². The molecule has 0 aliphatic carbocycles. The van der Waals surface area contributed by atoms with Gasteiger partial charge in [0.1, 0.15) is 12.8 Å². The molecule has 4 aromatic rings. The maximum Gasteiger partial charge on any atom is 0.261 e. The van der Waals surface area contributed by atoms with Crippen LogP contribution in [-0.4, -0.2) is 30.3 Å². The van der Waals surface area contributed by atoms with E-state index in [9.17, 15) is 0 Å². The lowest BCUT2D eigenvalue weighted by molar-refractivity contribution is 0.414. The van der Waals surface area contributed by atoms with Crippen LogP contribution in [0, 0.1) is 0 Å². The fraction of sp³-hybridized carbons (Fsp3) is 0.0714. The van der Waals surface area contributed by atoms with Crippen LogP contribution in [0.25, 0.3) is 22.8 Å². The van der Waals surface area contributed by atoms with Crippen molar-refractivity contribution in [2.75, 3.05) is 0 Å². The molecule has 0 saturated heterocycles. The minimum absolute atomic E-state index is 0.235. The Morgan fingerprint density at radius 2 is 2.09 bits per heavy atom. The molecule has 0 unspecified atom stereocenters. The van der Waals surface area contributed by atoms with Gasteiger partial charge in [0.15, 0.2) is 5.82 Å². The first-order valence-electron chi connectivity index (χ1n) is 6.67. The summed E-state index contributed by atoms with van der Waals surface area (Å²) < 4.78 is 10.1. The normalized spacial score (nSPS) is 11.0. The topological polar surface area (TPSA) is 95.7 Å². The third kappa shape index (κ3) is 2.71. The van der Waals surface area contributed by atoms with Crippen molar-refractivity contribution >= 4 is 11.6 Å². The fourth-order valence-corrected chi connectivity index (χ4v) is 2.23. The minimum Gasteiger partial charge on any atom is -0.472 e. The van der Waals surface area contributed by atoms with Crippen LogP contribution < -0.4 is 0 Å². The number of halogens is 1. The Hall–Kier alpha value is -3.00. The van der Waals surface area contributed by atoms with Gasteiger partial charge >= 0.3 is 0 Å². The van der Waals surface area contributed by atoms with Gasteiger partial charge in [-0.15, -0.1) is 10.2 Å². The molecule has 0 spiro atoms. The van der Waals surface area contributed by atoms with Crippen LogP contribution in [-0.2, 0) is 6.54 Å². The predicted octanol–water partition coefficient (Wildman–Crippen LogP) is 2.68. The molecule has 0 amide bonds. The van der Waals surface area contributed by atoms with Crippen LogP contribution in [0.2, 0.25) is 5.02 Å². The first-order chi connectivity index (χ1) is 11.3. The summed E-state index contributed by atoms with van der Waals surface area (Å²) >= 11 is 6.12. The second-order valence-electron chi connectivity index (χ2n) is 4.65. The summed E-state index contributed by atoms with van der Waals surface area (Å²) in [6, 6.07) is 9.04. The summed E-state index contributed by atoms with van der Waals surface area (Å²) in [5.41, 5.74) is 1.43. The van der Waals surface area contributed by atoms with Gasteiger partial charge in [-0.3, -0.25) is 0 Å². The molecule has 23 heavy (non-hydrogen) atoms. The van der Waals surface area contributed by atoms with Gasteiger partial charge in [0.05, 0.1) is 16.8 Å². The Morgan fingerprint density at radius 3 is 2.91 bits per heavy atom. The first-order valence-corrected chi connectivity index (χ1v) is 7.05. The number of rotatable bonds is 4. The molecule has 0 radical (unpaired) electrons. The molecule has 9 heteroatoms. The molecule has 3 aromatic heterocycles. The molecule has 0 aliphatic rings. The van der Waals surface area contributed by atoms with Crippen LogP contribution in [0.15, 0.2) is 51.8 Å². The number of furan rings is 1. The third-order valence-electron chi connectivity index (χ3n) is 3.09. The van der Waals surface area contributed by atoms with Gasteiger partial charge in [0.25, 0.3) is 5.89 Å². The summed E-state index contributed by atoms with van der Waals surface area (Å²) in [5.74, 6) is 1.25. The lowest BCUT2D eigenvalue weighted by Crippen LogP contribution is -2.05. The van der Waals surface area contributed by atoms with Crippen molar-refractivity contribution in [2.45, 2.75) is 6.54 Å². The molecule has 0 N–H and O–H groups in total. The van der Waals surface area contributed by atoms with E-state index in [-0.39, 0.29) is 6.54 Å². The fourth-order valence-electron chi connectivity index (χ4n) is 2.01. The summed E-state index contributed by atoms with van der Waals surface area (Å²) in [6.45, 7) is 0.235. The van der Waals surface area contributed by atoms with E-state index in [4.69, 9.17) is 20.5 Å². The number of hydrogen-bond donors (Lipinski definition) is 0. The summed E-state index contributed by atoms with van der Waals surface area (Å²) in [5, 5.41) is 16.7. The quantitative estimate of drug-likeness (QED) is 0.568. The van der Waals surface area contributed by atoms with E-state index >= 15 is 0 Å². The molecule has 1 aromatic carbocycles. The zero-order valence-electron chi connectivity index (χ0n) is 11.6. The molecule has 8 nitrogen and oxygen atoms in total. The highest BCUT2D eigenvalue weighted by Gasteiger charge is 2.13. The zero-order valence-corrected chi connectivity index (χ0v) is 12.4. The standard InChI is InChI=1S/C14H9ClN6O2/c15-11-4-2-1-3-10(11)13-17-20-21(18-13)7-12-16-14(23-19-12)9-5-6-22-8-9/h1-6,8H,7H2. The molecule has 0 atom stereocenters. The van der Waals surface area contributed by atoms with E-state index in [0.29, 0.717) is 33.7 Å². The molecule has 114 valence electrons. The van der Waals surface area contributed by atoms with Gasteiger partial charge in [-0.2, -0.15) is 9.78 Å². The molecule has 0 saturated carbocycles. The lowest BCUT2D eigenvalue weighted by atomic mass is 10.2. The first kappa shape index (κ1) is 13.6. The molecule has 4 rings (SSSR count). The van der Waals surface area contributed by atoms with Crippen molar-refractivity contribution in [3.05, 3.63) is 53.7 Å². The second-order valence-corrected chi connectivity index (χ2v) is 5.06. The van der Waals surface area contributed by atoms with Crippen molar-refractivity contribution in [2.24, 2.45) is 0 Å². The van der Waals surface area contributed by atoms with Crippen LogP contribution in [0.3, 0.4) is 0 Å². The van der Waals surface area contributed by atoms with Crippen molar-refractivity contribution < 1.29 is 8.94 Å². The van der Waals surface area contributed by atoms with Gasteiger partial charge < -0.3 is 8.94 Å². The minimum atomic E-state index is 0.235. The number of hydrogen-bond acceptors (Lipinski definition) is 7. The Balaban J connectivity index is 1.55. The molecule has 0 bridgehead atoms. The Morgan fingerprint density at radius 1 is 1.17 bits per heavy atom. The molecular weight excluding hydrogens is 320 g/mol. The van der Waals surface area contributed by atoms with Gasteiger partial charge in [-0.1, -0.05) is 28.9 Å². The van der Waals surface area contributed by atoms with Crippen LogP contribution >= 0.6 is 11.6 Å². The van der Waals surface area contributed by atoms with Crippen molar-refractivity contribution in [3.63, 3.8) is 0 Å². The largest absolute Gasteiger partial charge is 0.472 e. The average Bonchev–Trinajstić information content (AvgIpc) is 3.29. The van der Waals surface area contributed by atoms with Crippen LogP contribution in [0.4, 0.5) is 0 Å². The monoisotopic (exact) mass is 328 g/mol. The van der Waals surface area contributed by atoms with E-state index in [2.05, 4.69) is 25.6 Å². The van der Waals surface area contributed by atoms with Gasteiger partial charge in [-0.05, 0) is 23.4 Å². The third-order valence-corrected chi connectivity index (χ3v) is 3.42. The smallest absolute Gasteiger partial charge is 0.261 e. The highest BCUT2D eigenvalue weighted by Crippen LogP contribution is 2.23. The lowest BCUT2D eigenvalue weighted by Gasteiger charge is -1.96. The Bertz CT molecular complexity index is 930. The average molecular weight is 329 g/mol. The zero-order chi connectivity index (χ0) is 15.6. The number of aromatic nitrogens is 6. The van der Waals surface area contributed by atoms with E-state index in [0.717, 1.165) is 0 Å². The van der Waals surface area contributed by atoms with Gasteiger partial charge in [0.2, 0.25) is 5.82 Å². The van der Waals surface area contributed by atoms with Crippen molar-refractivity contribution in [1.82, 2.24) is 30.3 Å².